The van der Waals surface area contributed by atoms with Gasteiger partial charge in [-0.2, -0.15) is 0 Å². The number of unbranched alkanes of at least 4 members (excludes halogenated alkanes) is 1. The minimum Gasteiger partial charge on any atom is -0.356 e. The number of hydrogen-bond acceptors (Lipinski definition) is 2. The van der Waals surface area contributed by atoms with Crippen molar-refractivity contribution in [1.82, 2.24) is 4.57 Å². The SMILES string of the molecule is CCCCc1cccc(-c2cn(C)cc(-c3cccc(S(=O)C4CCCC4)c3)c2=O)c1. The van der Waals surface area contributed by atoms with Gasteiger partial charge in [-0.15, -0.1) is 0 Å². The molecule has 1 saturated carbocycles. The fraction of sp³-hybridized carbons (Fsp3) is 0.370. The quantitative estimate of drug-likeness (QED) is 0.451. The summed E-state index contributed by atoms with van der Waals surface area (Å²) >= 11 is 0. The summed E-state index contributed by atoms with van der Waals surface area (Å²) < 4.78 is 15.0. The summed E-state index contributed by atoms with van der Waals surface area (Å²) in [7, 11) is 0.941. The van der Waals surface area contributed by atoms with Gasteiger partial charge in [-0.3, -0.25) is 9.00 Å². The Morgan fingerprint density at radius 2 is 1.61 bits per heavy atom. The van der Waals surface area contributed by atoms with Crippen LogP contribution in [0.3, 0.4) is 0 Å². The lowest BCUT2D eigenvalue weighted by atomic mass is 9.98. The molecule has 0 radical (unpaired) electrons. The van der Waals surface area contributed by atoms with Crippen LogP contribution >= 0.6 is 0 Å². The Bertz CT molecular complexity index is 1140. The van der Waals surface area contributed by atoms with Crippen molar-refractivity contribution >= 4 is 10.8 Å². The lowest BCUT2D eigenvalue weighted by Crippen LogP contribution is -2.13. The van der Waals surface area contributed by atoms with Gasteiger partial charge in [0.15, 0.2) is 5.43 Å². The Morgan fingerprint density at radius 1 is 0.968 bits per heavy atom. The van der Waals surface area contributed by atoms with Gasteiger partial charge < -0.3 is 4.57 Å². The fourth-order valence-corrected chi connectivity index (χ4v) is 6.08. The van der Waals surface area contributed by atoms with Crippen LogP contribution < -0.4 is 5.43 Å². The molecule has 2 aromatic carbocycles. The molecule has 1 aliphatic carbocycles. The van der Waals surface area contributed by atoms with Crippen molar-refractivity contribution in [3.8, 4) is 22.3 Å². The number of nitrogens with zero attached hydrogens (tertiary/aromatic N) is 1. The Hall–Kier alpha value is -2.46. The van der Waals surface area contributed by atoms with Gasteiger partial charge in [0.2, 0.25) is 0 Å². The van der Waals surface area contributed by atoms with E-state index in [4.69, 9.17) is 0 Å². The standard InChI is InChI=1S/C27H31NO2S/c1-3-4-9-20-10-7-11-21(16-20)25-18-28(2)19-26(27(25)29)22-12-8-15-24(17-22)31(30)23-13-5-6-14-23/h7-8,10-12,15-19,23H,3-6,9,13-14H2,1-2H3. The summed E-state index contributed by atoms with van der Waals surface area (Å²) in [5.74, 6) is 0. The van der Waals surface area contributed by atoms with Gasteiger partial charge in [0.25, 0.3) is 0 Å². The van der Waals surface area contributed by atoms with E-state index in [2.05, 4.69) is 19.1 Å². The van der Waals surface area contributed by atoms with Crippen LogP contribution in [0.5, 0.6) is 0 Å². The molecule has 1 aliphatic rings. The van der Waals surface area contributed by atoms with E-state index in [9.17, 15) is 9.00 Å². The number of aromatic nitrogens is 1. The molecule has 3 nitrogen and oxygen atoms in total. The summed E-state index contributed by atoms with van der Waals surface area (Å²) in [4.78, 5) is 14.3. The normalized spacial score (nSPS) is 15.3. The molecule has 1 atom stereocenters. The summed E-state index contributed by atoms with van der Waals surface area (Å²) in [5, 5.41) is 0.246. The average molecular weight is 434 g/mol. The van der Waals surface area contributed by atoms with Crippen molar-refractivity contribution in [1.29, 1.82) is 0 Å². The number of pyridine rings is 1. The van der Waals surface area contributed by atoms with Crippen LogP contribution in [0, 0.1) is 0 Å². The van der Waals surface area contributed by atoms with E-state index in [0.717, 1.165) is 61.0 Å². The minimum atomic E-state index is -1.01. The van der Waals surface area contributed by atoms with Crippen LogP contribution in [-0.4, -0.2) is 14.0 Å². The van der Waals surface area contributed by atoms with E-state index < -0.39 is 10.8 Å². The molecule has 0 N–H and O–H groups in total. The first-order valence-corrected chi connectivity index (χ1v) is 12.6. The zero-order chi connectivity index (χ0) is 21.8. The molecule has 4 rings (SSSR count). The molecule has 1 fully saturated rings. The third kappa shape index (κ3) is 4.90. The zero-order valence-electron chi connectivity index (χ0n) is 18.5. The highest BCUT2D eigenvalue weighted by molar-refractivity contribution is 7.85. The molecule has 31 heavy (non-hydrogen) atoms. The summed E-state index contributed by atoms with van der Waals surface area (Å²) in [5.41, 5.74) is 4.45. The average Bonchev–Trinajstić information content (AvgIpc) is 3.34. The molecule has 3 aromatic rings. The first kappa shape index (κ1) is 21.8. The molecule has 1 heterocycles. The van der Waals surface area contributed by atoms with Crippen molar-refractivity contribution in [3.05, 3.63) is 76.7 Å². The molecule has 1 unspecified atom stereocenters. The molecule has 0 amide bonds. The van der Waals surface area contributed by atoms with Gasteiger partial charge in [0, 0.05) is 40.7 Å². The van der Waals surface area contributed by atoms with Gasteiger partial charge >= 0.3 is 0 Å². The topological polar surface area (TPSA) is 39.1 Å². The number of rotatable bonds is 7. The fourth-order valence-electron chi connectivity index (χ4n) is 4.48. The van der Waals surface area contributed by atoms with Crippen LogP contribution in [0.25, 0.3) is 22.3 Å². The third-order valence-electron chi connectivity index (χ3n) is 6.19. The molecular weight excluding hydrogens is 402 g/mol. The highest BCUT2D eigenvalue weighted by atomic mass is 32.2. The van der Waals surface area contributed by atoms with Crippen molar-refractivity contribution in [2.45, 2.75) is 62.0 Å². The van der Waals surface area contributed by atoms with Crippen molar-refractivity contribution < 1.29 is 4.21 Å². The lowest BCUT2D eigenvalue weighted by molar-refractivity contribution is 0.669. The predicted molar refractivity (Wildman–Crippen MR) is 130 cm³/mol. The third-order valence-corrected chi connectivity index (χ3v) is 7.99. The minimum absolute atomic E-state index is 0.0227. The van der Waals surface area contributed by atoms with Crippen LogP contribution in [-0.2, 0) is 24.3 Å². The Morgan fingerprint density at radius 3 is 2.29 bits per heavy atom. The maximum atomic E-state index is 13.5. The number of hydrogen-bond donors (Lipinski definition) is 0. The van der Waals surface area contributed by atoms with Gasteiger partial charge in [0.1, 0.15) is 0 Å². The second-order valence-corrected chi connectivity index (χ2v) is 10.3. The Kier molecular flexibility index (Phi) is 6.86. The van der Waals surface area contributed by atoms with Crippen molar-refractivity contribution in [2.75, 3.05) is 0 Å². The predicted octanol–water partition coefficient (Wildman–Crippen LogP) is 6.11. The zero-order valence-corrected chi connectivity index (χ0v) is 19.3. The molecule has 0 spiro atoms. The maximum Gasteiger partial charge on any atom is 0.197 e. The first-order valence-electron chi connectivity index (χ1n) is 11.4. The largest absolute Gasteiger partial charge is 0.356 e. The van der Waals surface area contributed by atoms with Gasteiger partial charge in [-0.25, -0.2) is 0 Å². The molecule has 0 bridgehead atoms. The maximum absolute atomic E-state index is 13.5. The Labute approximate surface area is 187 Å². The van der Waals surface area contributed by atoms with Gasteiger partial charge in [-0.05, 0) is 54.5 Å². The summed E-state index contributed by atoms with van der Waals surface area (Å²) in [6.45, 7) is 2.19. The molecule has 4 heteroatoms. The molecule has 1 aromatic heterocycles. The van der Waals surface area contributed by atoms with Gasteiger partial charge in [0.05, 0.1) is 10.8 Å². The number of benzene rings is 2. The van der Waals surface area contributed by atoms with Crippen molar-refractivity contribution in [2.24, 2.45) is 7.05 Å². The Balaban J connectivity index is 1.73. The van der Waals surface area contributed by atoms with E-state index >= 15 is 0 Å². The van der Waals surface area contributed by atoms with E-state index in [0.29, 0.717) is 11.1 Å². The van der Waals surface area contributed by atoms with Crippen molar-refractivity contribution in [3.63, 3.8) is 0 Å². The second-order valence-electron chi connectivity index (χ2n) is 8.62. The summed E-state index contributed by atoms with van der Waals surface area (Å²) in [6, 6.07) is 16.1. The molecular formula is C27H31NO2S. The van der Waals surface area contributed by atoms with Crippen LogP contribution in [0.2, 0.25) is 0 Å². The van der Waals surface area contributed by atoms with Crippen LogP contribution in [0.1, 0.15) is 51.0 Å². The van der Waals surface area contributed by atoms with E-state index in [1.807, 2.05) is 60.4 Å². The first-order chi connectivity index (χ1) is 15.1. The van der Waals surface area contributed by atoms with E-state index in [1.165, 1.54) is 5.56 Å². The number of aryl methyl sites for hydroxylation is 2. The van der Waals surface area contributed by atoms with E-state index in [1.54, 1.807) is 0 Å². The molecule has 162 valence electrons. The smallest absolute Gasteiger partial charge is 0.197 e. The van der Waals surface area contributed by atoms with Gasteiger partial charge in [-0.1, -0.05) is 62.6 Å². The monoisotopic (exact) mass is 433 g/mol. The summed E-state index contributed by atoms with van der Waals surface area (Å²) in [6.07, 6.45) is 11.5. The van der Waals surface area contributed by atoms with E-state index in [-0.39, 0.29) is 10.7 Å². The second kappa shape index (κ2) is 9.78. The molecule has 0 aliphatic heterocycles. The highest BCUT2D eigenvalue weighted by Gasteiger charge is 2.23. The lowest BCUT2D eigenvalue weighted by Gasteiger charge is -2.13. The molecule has 0 saturated heterocycles. The highest BCUT2D eigenvalue weighted by Crippen LogP contribution is 2.29. The van der Waals surface area contributed by atoms with Crippen LogP contribution in [0.4, 0.5) is 0 Å². The van der Waals surface area contributed by atoms with Crippen LogP contribution in [0.15, 0.2) is 70.6 Å².